The Kier molecular flexibility index (Phi) is 5.01. The molecule has 0 saturated heterocycles. The third-order valence-electron chi connectivity index (χ3n) is 2.70. The summed E-state index contributed by atoms with van der Waals surface area (Å²) in [7, 11) is 1.70. The maximum atomic E-state index is 5.22. The molecule has 102 valence electrons. The van der Waals surface area contributed by atoms with Crippen LogP contribution in [-0.2, 0) is 17.9 Å². The number of ether oxygens (including phenoxy) is 1. The van der Waals surface area contributed by atoms with Gasteiger partial charge in [-0.2, -0.15) is 0 Å². The highest BCUT2D eigenvalue weighted by Crippen LogP contribution is 2.27. The molecule has 2 aromatic rings. The van der Waals surface area contributed by atoms with E-state index in [1.165, 1.54) is 4.88 Å². The minimum atomic E-state index is 0.545. The van der Waals surface area contributed by atoms with Gasteiger partial charge in [-0.05, 0) is 25.6 Å². The summed E-state index contributed by atoms with van der Waals surface area (Å²) in [5.74, 6) is 0. The zero-order valence-electron chi connectivity index (χ0n) is 11.6. The average molecular weight is 277 g/mol. The van der Waals surface area contributed by atoms with Gasteiger partial charge in [-0.25, -0.2) is 4.98 Å². The van der Waals surface area contributed by atoms with Crippen molar-refractivity contribution in [2.75, 3.05) is 13.7 Å². The van der Waals surface area contributed by atoms with E-state index >= 15 is 0 Å². The van der Waals surface area contributed by atoms with Crippen LogP contribution in [0, 0.1) is 6.92 Å². The summed E-state index contributed by atoms with van der Waals surface area (Å²) in [5, 5.41) is 4.30. The van der Waals surface area contributed by atoms with E-state index in [4.69, 9.17) is 4.74 Å². The molecule has 0 unspecified atom stereocenters. The van der Waals surface area contributed by atoms with Crippen molar-refractivity contribution in [2.24, 2.45) is 0 Å². The first-order valence-corrected chi connectivity index (χ1v) is 7.18. The van der Waals surface area contributed by atoms with Gasteiger partial charge >= 0.3 is 0 Å². The van der Waals surface area contributed by atoms with Crippen LogP contribution >= 0.6 is 11.3 Å². The van der Waals surface area contributed by atoms with Gasteiger partial charge in [-0.3, -0.25) is 4.98 Å². The second-order valence-electron chi connectivity index (χ2n) is 4.27. The quantitative estimate of drug-likeness (QED) is 0.882. The average Bonchev–Trinajstić information content (AvgIpc) is 2.80. The number of methoxy groups -OCH3 is 1. The lowest BCUT2D eigenvalue weighted by molar-refractivity contribution is 0.181. The number of aryl methyl sites for hydroxylation is 1. The van der Waals surface area contributed by atoms with Crippen molar-refractivity contribution in [3.8, 4) is 10.7 Å². The third-order valence-corrected chi connectivity index (χ3v) is 3.82. The lowest BCUT2D eigenvalue weighted by Gasteiger charge is -2.00. The van der Waals surface area contributed by atoms with Crippen LogP contribution in [0.4, 0.5) is 0 Å². The predicted octanol–water partition coefficient (Wildman–Crippen LogP) is 2.77. The fourth-order valence-electron chi connectivity index (χ4n) is 1.78. The molecule has 0 radical (unpaired) electrons. The van der Waals surface area contributed by atoms with Gasteiger partial charge < -0.3 is 10.1 Å². The molecular formula is C14H19N3OS. The molecule has 1 N–H and O–H groups in total. The smallest absolute Gasteiger partial charge is 0.142 e. The second kappa shape index (κ2) is 6.75. The fraction of sp³-hybridized carbons (Fsp3) is 0.429. The SMILES string of the molecule is CCNCc1sc(-c2cccc(C)n2)nc1COC. The Morgan fingerprint density at radius 2 is 2.16 bits per heavy atom. The van der Waals surface area contributed by atoms with E-state index in [2.05, 4.69) is 22.2 Å². The van der Waals surface area contributed by atoms with E-state index in [-0.39, 0.29) is 0 Å². The molecule has 2 rings (SSSR count). The molecule has 5 heteroatoms. The number of hydrogen-bond acceptors (Lipinski definition) is 5. The molecule has 0 aliphatic rings. The van der Waals surface area contributed by atoms with E-state index in [0.29, 0.717) is 6.61 Å². The molecule has 2 heterocycles. The third kappa shape index (κ3) is 3.59. The fourth-order valence-corrected chi connectivity index (χ4v) is 2.79. The Bertz CT molecular complexity index is 539. The van der Waals surface area contributed by atoms with Crippen LogP contribution in [0.5, 0.6) is 0 Å². The van der Waals surface area contributed by atoms with E-state index < -0.39 is 0 Å². The minimum Gasteiger partial charge on any atom is -0.378 e. The molecule has 0 saturated carbocycles. The first-order valence-electron chi connectivity index (χ1n) is 6.36. The van der Waals surface area contributed by atoms with Crippen molar-refractivity contribution < 1.29 is 4.74 Å². The van der Waals surface area contributed by atoms with Crippen LogP contribution < -0.4 is 5.32 Å². The Morgan fingerprint density at radius 3 is 2.84 bits per heavy atom. The van der Waals surface area contributed by atoms with E-state index in [1.807, 2.05) is 25.1 Å². The predicted molar refractivity (Wildman–Crippen MR) is 78.2 cm³/mol. The van der Waals surface area contributed by atoms with Gasteiger partial charge in [0.25, 0.3) is 0 Å². The number of thiazole rings is 1. The van der Waals surface area contributed by atoms with Gasteiger partial charge in [-0.15, -0.1) is 11.3 Å². The molecule has 0 aliphatic heterocycles. The summed E-state index contributed by atoms with van der Waals surface area (Å²) in [6.45, 7) is 6.41. The van der Waals surface area contributed by atoms with Gasteiger partial charge in [-0.1, -0.05) is 13.0 Å². The van der Waals surface area contributed by atoms with Crippen LogP contribution in [0.15, 0.2) is 18.2 Å². The summed E-state index contributed by atoms with van der Waals surface area (Å²) in [6.07, 6.45) is 0. The van der Waals surface area contributed by atoms with Crippen LogP contribution in [0.25, 0.3) is 10.7 Å². The van der Waals surface area contributed by atoms with Gasteiger partial charge in [0, 0.05) is 24.2 Å². The van der Waals surface area contributed by atoms with E-state index in [1.54, 1.807) is 18.4 Å². The highest BCUT2D eigenvalue weighted by Gasteiger charge is 2.13. The maximum Gasteiger partial charge on any atom is 0.142 e. The van der Waals surface area contributed by atoms with Gasteiger partial charge in [0.1, 0.15) is 5.01 Å². The molecule has 0 aromatic carbocycles. The zero-order chi connectivity index (χ0) is 13.7. The molecule has 4 nitrogen and oxygen atoms in total. The van der Waals surface area contributed by atoms with Crippen molar-refractivity contribution >= 4 is 11.3 Å². The molecular weight excluding hydrogens is 258 g/mol. The van der Waals surface area contributed by atoms with Crippen LogP contribution in [-0.4, -0.2) is 23.6 Å². The molecule has 0 aliphatic carbocycles. The zero-order valence-corrected chi connectivity index (χ0v) is 12.4. The number of rotatable bonds is 6. The van der Waals surface area contributed by atoms with Gasteiger partial charge in [0.05, 0.1) is 18.0 Å². The summed E-state index contributed by atoms with van der Waals surface area (Å²) >= 11 is 1.69. The van der Waals surface area contributed by atoms with E-state index in [0.717, 1.165) is 35.2 Å². The normalized spacial score (nSPS) is 10.9. The number of pyridine rings is 1. The van der Waals surface area contributed by atoms with Crippen molar-refractivity contribution in [3.63, 3.8) is 0 Å². The Morgan fingerprint density at radius 1 is 1.32 bits per heavy atom. The summed E-state index contributed by atoms with van der Waals surface area (Å²) < 4.78 is 5.22. The van der Waals surface area contributed by atoms with Crippen LogP contribution in [0.3, 0.4) is 0 Å². The van der Waals surface area contributed by atoms with Crippen molar-refractivity contribution in [1.29, 1.82) is 0 Å². The van der Waals surface area contributed by atoms with Gasteiger partial charge in [0.2, 0.25) is 0 Å². The lowest BCUT2D eigenvalue weighted by Crippen LogP contribution is -2.12. The van der Waals surface area contributed by atoms with Crippen LogP contribution in [0.2, 0.25) is 0 Å². The van der Waals surface area contributed by atoms with E-state index in [9.17, 15) is 0 Å². The summed E-state index contributed by atoms with van der Waals surface area (Å²) in [4.78, 5) is 10.4. The Labute approximate surface area is 117 Å². The number of nitrogens with zero attached hydrogens (tertiary/aromatic N) is 2. The van der Waals surface area contributed by atoms with Crippen LogP contribution in [0.1, 0.15) is 23.2 Å². The van der Waals surface area contributed by atoms with Gasteiger partial charge in [0.15, 0.2) is 0 Å². The molecule has 0 atom stereocenters. The standard InChI is InChI=1S/C14H19N3OS/c1-4-15-8-13-12(9-18-3)17-14(19-13)11-7-5-6-10(2)16-11/h5-7,15H,4,8-9H2,1-3H3. The topological polar surface area (TPSA) is 47.0 Å². The molecule has 0 fully saturated rings. The lowest BCUT2D eigenvalue weighted by atomic mass is 10.3. The highest BCUT2D eigenvalue weighted by molar-refractivity contribution is 7.15. The Hall–Kier alpha value is -1.30. The minimum absolute atomic E-state index is 0.545. The molecule has 2 aromatic heterocycles. The van der Waals surface area contributed by atoms with Crippen molar-refractivity contribution in [3.05, 3.63) is 34.5 Å². The Balaban J connectivity index is 2.30. The number of aromatic nitrogens is 2. The molecule has 19 heavy (non-hydrogen) atoms. The maximum absolute atomic E-state index is 5.22. The molecule has 0 amide bonds. The van der Waals surface area contributed by atoms with Crippen molar-refractivity contribution in [1.82, 2.24) is 15.3 Å². The largest absolute Gasteiger partial charge is 0.378 e. The highest BCUT2D eigenvalue weighted by atomic mass is 32.1. The number of hydrogen-bond donors (Lipinski definition) is 1. The monoisotopic (exact) mass is 277 g/mol. The second-order valence-corrected chi connectivity index (χ2v) is 5.35. The first-order chi connectivity index (χ1) is 9.24. The molecule has 0 bridgehead atoms. The summed E-state index contributed by atoms with van der Waals surface area (Å²) in [5.41, 5.74) is 2.95. The molecule has 0 spiro atoms. The number of nitrogens with one attached hydrogen (secondary N) is 1. The van der Waals surface area contributed by atoms with Crippen molar-refractivity contribution in [2.45, 2.75) is 27.0 Å². The summed E-state index contributed by atoms with van der Waals surface area (Å²) in [6, 6.07) is 6.01. The first kappa shape index (κ1) is 14.1.